The van der Waals surface area contributed by atoms with E-state index in [0.29, 0.717) is 17.0 Å². The summed E-state index contributed by atoms with van der Waals surface area (Å²) in [6, 6.07) is 12.2. The summed E-state index contributed by atoms with van der Waals surface area (Å²) < 4.78 is 5.24. The van der Waals surface area contributed by atoms with Crippen LogP contribution in [0.5, 0.6) is 5.75 Å². The van der Waals surface area contributed by atoms with Gasteiger partial charge < -0.3 is 9.84 Å². The molecule has 1 heterocycles. The molecule has 4 amide bonds. The van der Waals surface area contributed by atoms with E-state index in [-0.39, 0.29) is 5.57 Å². The maximum absolute atomic E-state index is 12.8. The number of carbonyl (C=O) groups excluding carboxylic acids is 3. The lowest BCUT2D eigenvalue weighted by molar-refractivity contribution is -0.144. The molecule has 0 bridgehead atoms. The molecular formula is C21H18N2O6. The number of ether oxygens (including phenoxy) is 1. The van der Waals surface area contributed by atoms with Gasteiger partial charge in [0.25, 0.3) is 11.8 Å². The zero-order chi connectivity index (χ0) is 21.1. The van der Waals surface area contributed by atoms with E-state index in [0.717, 1.165) is 10.5 Å². The van der Waals surface area contributed by atoms with Crippen LogP contribution in [0.1, 0.15) is 18.1 Å². The second-order valence-corrected chi connectivity index (χ2v) is 6.46. The van der Waals surface area contributed by atoms with E-state index >= 15 is 0 Å². The van der Waals surface area contributed by atoms with Crippen LogP contribution >= 0.6 is 0 Å². The number of aliphatic carboxylic acids is 1. The van der Waals surface area contributed by atoms with Crippen molar-refractivity contribution >= 4 is 35.6 Å². The monoisotopic (exact) mass is 394 g/mol. The van der Waals surface area contributed by atoms with E-state index < -0.39 is 29.9 Å². The third kappa shape index (κ3) is 4.32. The van der Waals surface area contributed by atoms with E-state index in [2.05, 4.69) is 5.32 Å². The van der Waals surface area contributed by atoms with Gasteiger partial charge in [0.15, 0.2) is 6.10 Å². The number of hydrogen-bond donors (Lipinski definition) is 2. The number of carboxylic acids is 1. The van der Waals surface area contributed by atoms with Crippen LogP contribution in [0.4, 0.5) is 10.5 Å². The largest absolute Gasteiger partial charge is 0.479 e. The molecule has 1 saturated heterocycles. The minimum atomic E-state index is -1.10. The Kier molecular flexibility index (Phi) is 5.45. The number of urea groups is 1. The summed E-state index contributed by atoms with van der Waals surface area (Å²) in [5.74, 6) is -2.28. The molecule has 29 heavy (non-hydrogen) atoms. The average molecular weight is 394 g/mol. The van der Waals surface area contributed by atoms with Crippen LogP contribution in [0.15, 0.2) is 54.1 Å². The number of hydrogen-bond acceptors (Lipinski definition) is 5. The SMILES string of the molecule is Cc1cccc(N2C(=O)NC(=O)/C(=C\c3ccc(O[C@H](C)C(=O)O)cc3)C2=O)c1. The standard InChI is InChI=1S/C21H18N2O6/c1-12-4-3-5-15(10-12)23-19(25)17(18(24)22-21(23)28)11-14-6-8-16(9-7-14)29-13(2)20(26)27/h3-11,13H,1-2H3,(H,26,27)(H,22,24,28)/b17-11+/t13-/m1/s1. The van der Waals surface area contributed by atoms with Gasteiger partial charge in [-0.25, -0.2) is 14.5 Å². The second kappa shape index (κ2) is 7.97. The Balaban J connectivity index is 1.87. The maximum Gasteiger partial charge on any atom is 0.344 e. The number of rotatable bonds is 5. The van der Waals surface area contributed by atoms with Crippen molar-refractivity contribution in [2.24, 2.45) is 0 Å². The fraction of sp³-hybridized carbons (Fsp3) is 0.143. The normalized spacial score (nSPS) is 16.6. The Labute approximate surface area is 166 Å². The topological polar surface area (TPSA) is 113 Å². The molecule has 2 aromatic rings. The summed E-state index contributed by atoms with van der Waals surface area (Å²) in [6.07, 6.45) is 0.343. The van der Waals surface area contributed by atoms with Gasteiger partial charge in [-0.1, -0.05) is 24.3 Å². The van der Waals surface area contributed by atoms with E-state index in [4.69, 9.17) is 9.84 Å². The van der Waals surface area contributed by atoms with Crippen LogP contribution in [-0.4, -0.2) is 35.0 Å². The Morgan fingerprint density at radius 1 is 1.14 bits per heavy atom. The van der Waals surface area contributed by atoms with E-state index in [9.17, 15) is 19.2 Å². The van der Waals surface area contributed by atoms with Gasteiger partial charge in [-0.15, -0.1) is 0 Å². The lowest BCUT2D eigenvalue weighted by Gasteiger charge is -2.26. The van der Waals surface area contributed by atoms with Gasteiger partial charge in [0.05, 0.1) is 5.69 Å². The van der Waals surface area contributed by atoms with Crippen molar-refractivity contribution in [2.75, 3.05) is 4.90 Å². The van der Waals surface area contributed by atoms with Crippen molar-refractivity contribution in [3.63, 3.8) is 0 Å². The second-order valence-electron chi connectivity index (χ2n) is 6.46. The highest BCUT2D eigenvalue weighted by molar-refractivity contribution is 6.39. The summed E-state index contributed by atoms with van der Waals surface area (Å²) >= 11 is 0. The molecule has 1 atom stereocenters. The summed E-state index contributed by atoms with van der Waals surface area (Å²) in [6.45, 7) is 3.23. The molecule has 3 rings (SSSR count). The van der Waals surface area contributed by atoms with Gasteiger partial charge in [0.1, 0.15) is 11.3 Å². The number of aryl methyl sites for hydroxylation is 1. The highest BCUT2D eigenvalue weighted by Gasteiger charge is 2.36. The van der Waals surface area contributed by atoms with Crippen molar-refractivity contribution in [1.82, 2.24) is 5.32 Å². The minimum absolute atomic E-state index is 0.196. The van der Waals surface area contributed by atoms with Crippen molar-refractivity contribution < 1.29 is 29.0 Å². The first-order chi connectivity index (χ1) is 13.8. The van der Waals surface area contributed by atoms with Crippen LogP contribution in [-0.2, 0) is 14.4 Å². The molecule has 2 N–H and O–H groups in total. The van der Waals surface area contributed by atoms with Crippen molar-refractivity contribution in [1.29, 1.82) is 0 Å². The Hall–Kier alpha value is -3.94. The highest BCUT2D eigenvalue weighted by atomic mass is 16.5. The highest BCUT2D eigenvalue weighted by Crippen LogP contribution is 2.23. The fourth-order valence-electron chi connectivity index (χ4n) is 2.72. The lowest BCUT2D eigenvalue weighted by atomic mass is 10.1. The van der Waals surface area contributed by atoms with Crippen LogP contribution in [0.2, 0.25) is 0 Å². The number of imide groups is 2. The van der Waals surface area contributed by atoms with Crippen molar-refractivity contribution in [3.05, 3.63) is 65.2 Å². The molecule has 8 nitrogen and oxygen atoms in total. The summed E-state index contributed by atoms with van der Waals surface area (Å²) in [5, 5.41) is 11.0. The van der Waals surface area contributed by atoms with Crippen LogP contribution in [0, 0.1) is 6.92 Å². The molecule has 0 aromatic heterocycles. The van der Waals surface area contributed by atoms with Gasteiger partial charge >= 0.3 is 12.0 Å². The first-order valence-electron chi connectivity index (χ1n) is 8.74. The Bertz CT molecular complexity index is 1030. The zero-order valence-electron chi connectivity index (χ0n) is 15.7. The molecule has 8 heteroatoms. The third-order valence-corrected chi connectivity index (χ3v) is 4.21. The van der Waals surface area contributed by atoms with Gasteiger partial charge in [-0.2, -0.15) is 0 Å². The number of nitrogens with zero attached hydrogens (tertiary/aromatic N) is 1. The molecular weight excluding hydrogens is 376 g/mol. The summed E-state index contributed by atoms with van der Waals surface area (Å²) in [4.78, 5) is 49.0. The summed E-state index contributed by atoms with van der Waals surface area (Å²) in [5.41, 5.74) is 1.53. The number of carbonyl (C=O) groups is 4. The number of amides is 4. The molecule has 2 aromatic carbocycles. The van der Waals surface area contributed by atoms with Crippen molar-refractivity contribution in [3.8, 4) is 5.75 Å². The first-order valence-corrected chi connectivity index (χ1v) is 8.74. The van der Waals surface area contributed by atoms with Gasteiger partial charge in [0.2, 0.25) is 0 Å². The predicted octanol–water partition coefficient (Wildman–Crippen LogP) is 2.51. The molecule has 0 saturated carbocycles. The van der Waals surface area contributed by atoms with Crippen LogP contribution in [0.25, 0.3) is 6.08 Å². The Morgan fingerprint density at radius 3 is 2.45 bits per heavy atom. The van der Waals surface area contributed by atoms with Crippen molar-refractivity contribution in [2.45, 2.75) is 20.0 Å². The van der Waals surface area contributed by atoms with Gasteiger partial charge in [0, 0.05) is 0 Å². The third-order valence-electron chi connectivity index (χ3n) is 4.21. The number of benzene rings is 2. The first kappa shape index (κ1) is 19.8. The van der Waals surface area contributed by atoms with Gasteiger partial charge in [-0.3, -0.25) is 14.9 Å². The smallest absolute Gasteiger partial charge is 0.344 e. The lowest BCUT2D eigenvalue weighted by Crippen LogP contribution is -2.54. The van der Waals surface area contributed by atoms with Crippen LogP contribution in [0.3, 0.4) is 0 Å². The molecule has 148 valence electrons. The number of nitrogens with one attached hydrogen (secondary N) is 1. The fourth-order valence-corrected chi connectivity index (χ4v) is 2.72. The maximum atomic E-state index is 12.8. The molecule has 0 aliphatic carbocycles. The van der Waals surface area contributed by atoms with Crippen LogP contribution < -0.4 is 15.0 Å². The molecule has 0 unspecified atom stereocenters. The molecule has 1 aliphatic heterocycles. The molecule has 1 fully saturated rings. The quantitative estimate of drug-likeness (QED) is 0.595. The zero-order valence-corrected chi connectivity index (χ0v) is 15.7. The summed E-state index contributed by atoms with van der Waals surface area (Å²) in [7, 11) is 0. The number of barbiturate groups is 1. The minimum Gasteiger partial charge on any atom is -0.479 e. The van der Waals surface area contributed by atoms with E-state index in [1.807, 2.05) is 13.0 Å². The van der Waals surface area contributed by atoms with E-state index in [1.54, 1.807) is 30.3 Å². The molecule has 1 aliphatic rings. The molecule has 0 radical (unpaired) electrons. The average Bonchev–Trinajstić information content (AvgIpc) is 2.66. The predicted molar refractivity (Wildman–Crippen MR) is 104 cm³/mol. The number of carboxylic acid groups (broad SMARTS) is 1. The van der Waals surface area contributed by atoms with E-state index in [1.165, 1.54) is 25.1 Å². The Morgan fingerprint density at radius 2 is 1.83 bits per heavy atom. The number of anilines is 1. The molecule has 0 spiro atoms. The van der Waals surface area contributed by atoms with Gasteiger partial charge in [-0.05, 0) is 55.3 Å².